The van der Waals surface area contributed by atoms with E-state index in [0.29, 0.717) is 12.6 Å². The van der Waals surface area contributed by atoms with E-state index < -0.39 is 0 Å². The third kappa shape index (κ3) is 5.52. The quantitative estimate of drug-likeness (QED) is 0.388. The number of guanidine groups is 1. The van der Waals surface area contributed by atoms with Gasteiger partial charge in [-0.1, -0.05) is 35.4 Å². The maximum Gasteiger partial charge on any atom is 0.191 e. The molecule has 0 radical (unpaired) electrons. The van der Waals surface area contributed by atoms with Crippen LogP contribution in [0.15, 0.2) is 16.1 Å². The van der Waals surface area contributed by atoms with Gasteiger partial charge < -0.3 is 10.6 Å². The lowest BCUT2D eigenvalue weighted by atomic mass is 10.2. The van der Waals surface area contributed by atoms with Crippen molar-refractivity contribution in [3.8, 4) is 0 Å². The smallest absolute Gasteiger partial charge is 0.191 e. The van der Waals surface area contributed by atoms with E-state index in [-0.39, 0.29) is 24.0 Å². The second-order valence-electron chi connectivity index (χ2n) is 5.51. The molecule has 1 saturated carbocycles. The van der Waals surface area contributed by atoms with Crippen LogP contribution in [-0.4, -0.2) is 49.6 Å². The summed E-state index contributed by atoms with van der Waals surface area (Å²) < 4.78 is 0.939. The minimum absolute atomic E-state index is 0. The van der Waals surface area contributed by atoms with Gasteiger partial charge in [0, 0.05) is 43.2 Å². The highest BCUT2D eigenvalue weighted by atomic mass is 127. The van der Waals surface area contributed by atoms with Gasteiger partial charge in [-0.25, -0.2) is 0 Å². The fourth-order valence-corrected chi connectivity index (χ4v) is 3.21. The number of nitrogens with one attached hydrogen (secondary N) is 2. The minimum Gasteiger partial charge on any atom is -0.352 e. The molecule has 0 spiro atoms. The van der Waals surface area contributed by atoms with Crippen molar-refractivity contribution in [2.24, 2.45) is 4.99 Å². The van der Waals surface area contributed by atoms with Crippen molar-refractivity contribution in [1.82, 2.24) is 15.5 Å². The van der Waals surface area contributed by atoms with Crippen molar-refractivity contribution in [3.63, 3.8) is 0 Å². The van der Waals surface area contributed by atoms with Gasteiger partial charge in [0.25, 0.3) is 0 Å². The molecule has 0 amide bonds. The lowest BCUT2D eigenvalue weighted by Gasteiger charge is -2.24. The monoisotopic (exact) mass is 456 g/mol. The van der Waals surface area contributed by atoms with Crippen LogP contribution in [0.1, 0.15) is 32.1 Å². The Morgan fingerprint density at radius 1 is 1.35 bits per heavy atom. The molecule has 2 rings (SSSR count). The van der Waals surface area contributed by atoms with E-state index in [9.17, 15) is 0 Å². The van der Waals surface area contributed by atoms with E-state index in [1.807, 2.05) is 7.05 Å². The first-order valence-electron chi connectivity index (χ1n) is 7.23. The van der Waals surface area contributed by atoms with Gasteiger partial charge in [0.2, 0.25) is 0 Å². The zero-order chi connectivity index (χ0) is 13.7. The van der Waals surface area contributed by atoms with Crippen LogP contribution in [-0.2, 0) is 0 Å². The molecule has 116 valence electrons. The van der Waals surface area contributed by atoms with Crippen molar-refractivity contribution < 1.29 is 0 Å². The molecule has 0 aromatic carbocycles. The molecular formula is C14H26BrIN4. The lowest BCUT2D eigenvalue weighted by Crippen LogP contribution is -2.45. The summed E-state index contributed by atoms with van der Waals surface area (Å²) in [7, 11) is 1.82. The van der Waals surface area contributed by atoms with Crippen LogP contribution in [0.3, 0.4) is 0 Å². The molecule has 0 aromatic rings. The number of likely N-dealkylation sites (tertiary alicyclic amines) is 1. The standard InChI is InChI=1S/C14H25BrN4.HI/c1-11(15)9-17-14(16-2)18-12-7-8-19(10-12)13-5-3-4-6-13;/h12-13H,1,3-10H2,2H3,(H2,16,17,18);1H. The van der Waals surface area contributed by atoms with Crippen molar-refractivity contribution in [2.45, 2.75) is 44.2 Å². The number of hydrogen-bond acceptors (Lipinski definition) is 2. The molecule has 2 fully saturated rings. The Kier molecular flexibility index (Phi) is 8.43. The van der Waals surface area contributed by atoms with Crippen LogP contribution in [0.4, 0.5) is 0 Å². The second kappa shape index (κ2) is 9.25. The molecule has 2 aliphatic rings. The summed E-state index contributed by atoms with van der Waals surface area (Å²) in [5.41, 5.74) is 0. The molecule has 1 saturated heterocycles. The van der Waals surface area contributed by atoms with E-state index in [2.05, 4.69) is 43.0 Å². The average molecular weight is 457 g/mol. The third-order valence-electron chi connectivity index (χ3n) is 4.07. The predicted octanol–water partition coefficient (Wildman–Crippen LogP) is 2.69. The molecule has 4 nitrogen and oxygen atoms in total. The van der Waals surface area contributed by atoms with E-state index in [1.54, 1.807) is 0 Å². The van der Waals surface area contributed by atoms with Gasteiger partial charge in [-0.15, -0.1) is 24.0 Å². The van der Waals surface area contributed by atoms with Gasteiger partial charge in [-0.2, -0.15) is 0 Å². The Balaban J connectivity index is 0.00000200. The number of halogens is 2. The molecule has 20 heavy (non-hydrogen) atoms. The van der Waals surface area contributed by atoms with Crippen LogP contribution < -0.4 is 10.6 Å². The fraction of sp³-hybridized carbons (Fsp3) is 0.786. The van der Waals surface area contributed by atoms with Crippen LogP contribution >= 0.6 is 39.9 Å². The van der Waals surface area contributed by atoms with Gasteiger partial charge in [0.05, 0.1) is 0 Å². The van der Waals surface area contributed by atoms with Crippen LogP contribution in [0.5, 0.6) is 0 Å². The molecule has 1 aliphatic heterocycles. The number of aliphatic imine (C=N–C) groups is 1. The summed E-state index contributed by atoms with van der Waals surface area (Å²) in [6, 6.07) is 1.36. The highest BCUT2D eigenvalue weighted by Crippen LogP contribution is 2.26. The highest BCUT2D eigenvalue weighted by Gasteiger charge is 2.30. The molecular weight excluding hydrogens is 431 g/mol. The topological polar surface area (TPSA) is 39.7 Å². The summed E-state index contributed by atoms with van der Waals surface area (Å²) in [6.45, 7) is 6.91. The van der Waals surface area contributed by atoms with Crippen molar-refractivity contribution >= 4 is 45.9 Å². The Labute approximate surface area is 148 Å². The van der Waals surface area contributed by atoms with Gasteiger partial charge in [-0.05, 0) is 19.3 Å². The highest BCUT2D eigenvalue weighted by molar-refractivity contribution is 14.0. The van der Waals surface area contributed by atoms with Gasteiger partial charge in [-0.3, -0.25) is 9.89 Å². The lowest BCUT2D eigenvalue weighted by molar-refractivity contribution is 0.242. The molecule has 0 aromatic heterocycles. The van der Waals surface area contributed by atoms with Crippen molar-refractivity contribution in [3.05, 3.63) is 11.1 Å². The van der Waals surface area contributed by atoms with Crippen molar-refractivity contribution in [2.75, 3.05) is 26.7 Å². The largest absolute Gasteiger partial charge is 0.352 e. The summed E-state index contributed by atoms with van der Waals surface area (Å²) >= 11 is 3.35. The zero-order valence-electron chi connectivity index (χ0n) is 12.2. The van der Waals surface area contributed by atoms with Crippen LogP contribution in [0.2, 0.25) is 0 Å². The SMILES string of the molecule is C=C(Br)CNC(=NC)NC1CCN(C2CCCC2)C1.I. The number of hydrogen-bond donors (Lipinski definition) is 2. The summed E-state index contributed by atoms with van der Waals surface area (Å²) in [6.07, 6.45) is 6.82. The van der Waals surface area contributed by atoms with Gasteiger partial charge in [0.15, 0.2) is 5.96 Å². The normalized spacial score (nSPS) is 24.5. The van der Waals surface area contributed by atoms with E-state index in [4.69, 9.17) is 0 Å². The number of rotatable bonds is 4. The van der Waals surface area contributed by atoms with E-state index >= 15 is 0 Å². The van der Waals surface area contributed by atoms with Crippen LogP contribution in [0, 0.1) is 0 Å². The molecule has 2 N–H and O–H groups in total. The summed E-state index contributed by atoms with van der Waals surface area (Å²) in [5.74, 6) is 0.874. The first-order chi connectivity index (χ1) is 9.19. The molecule has 1 aliphatic carbocycles. The molecule has 1 atom stereocenters. The summed E-state index contributed by atoms with van der Waals surface area (Å²) in [5, 5.41) is 6.76. The maximum atomic E-state index is 4.26. The second-order valence-corrected chi connectivity index (χ2v) is 6.63. The minimum atomic E-state index is 0. The first-order valence-corrected chi connectivity index (χ1v) is 8.03. The van der Waals surface area contributed by atoms with Gasteiger partial charge >= 0.3 is 0 Å². The van der Waals surface area contributed by atoms with E-state index in [1.165, 1.54) is 38.6 Å². The Morgan fingerprint density at radius 2 is 2.05 bits per heavy atom. The molecule has 0 bridgehead atoms. The Morgan fingerprint density at radius 3 is 2.65 bits per heavy atom. The fourth-order valence-electron chi connectivity index (χ4n) is 3.07. The Bertz CT molecular complexity index is 342. The molecule has 6 heteroatoms. The number of nitrogens with zero attached hydrogens (tertiary/aromatic N) is 2. The Hall–Kier alpha value is 0.180. The maximum absolute atomic E-state index is 4.26. The van der Waals surface area contributed by atoms with Crippen LogP contribution in [0.25, 0.3) is 0 Å². The zero-order valence-corrected chi connectivity index (χ0v) is 16.1. The first kappa shape index (κ1) is 18.2. The average Bonchev–Trinajstić information content (AvgIpc) is 3.04. The predicted molar refractivity (Wildman–Crippen MR) is 100 cm³/mol. The molecule has 1 unspecified atom stereocenters. The molecule has 1 heterocycles. The van der Waals surface area contributed by atoms with Crippen molar-refractivity contribution in [1.29, 1.82) is 0 Å². The van der Waals surface area contributed by atoms with E-state index in [0.717, 1.165) is 23.0 Å². The third-order valence-corrected chi connectivity index (χ3v) is 4.35. The summed E-state index contributed by atoms with van der Waals surface area (Å²) in [4.78, 5) is 6.91. The van der Waals surface area contributed by atoms with Gasteiger partial charge in [0.1, 0.15) is 0 Å².